The second-order valence-corrected chi connectivity index (χ2v) is 4.96. The SMILES string of the molecule is CCC(=O)C(c1sccc1C)C(C)C. The highest BCUT2D eigenvalue weighted by Gasteiger charge is 2.24. The van der Waals surface area contributed by atoms with Crippen LogP contribution in [-0.4, -0.2) is 5.78 Å². The van der Waals surface area contributed by atoms with Crippen molar-refractivity contribution in [1.29, 1.82) is 0 Å². The molecule has 0 amide bonds. The predicted molar refractivity (Wildman–Crippen MR) is 61.9 cm³/mol. The number of Topliss-reactive ketones (excluding diaryl/α,β-unsaturated/α-hetero) is 1. The lowest BCUT2D eigenvalue weighted by Gasteiger charge is -2.18. The van der Waals surface area contributed by atoms with Gasteiger partial charge in [-0.2, -0.15) is 0 Å². The molecule has 1 unspecified atom stereocenters. The van der Waals surface area contributed by atoms with Crippen LogP contribution in [0.5, 0.6) is 0 Å². The molecule has 0 spiro atoms. The van der Waals surface area contributed by atoms with E-state index in [2.05, 4.69) is 32.2 Å². The first-order valence-corrected chi connectivity index (χ1v) is 6.02. The molecule has 2 heteroatoms. The molecule has 1 heterocycles. The van der Waals surface area contributed by atoms with Crippen LogP contribution in [0, 0.1) is 12.8 Å². The summed E-state index contributed by atoms with van der Waals surface area (Å²) in [6.07, 6.45) is 0.639. The van der Waals surface area contributed by atoms with Gasteiger partial charge in [-0.1, -0.05) is 20.8 Å². The molecule has 1 aromatic heterocycles. The first kappa shape index (κ1) is 11.4. The molecule has 0 aliphatic carbocycles. The Bertz CT molecular complexity index is 312. The van der Waals surface area contributed by atoms with Gasteiger partial charge >= 0.3 is 0 Å². The molecule has 0 aromatic carbocycles. The number of aryl methyl sites for hydroxylation is 1. The van der Waals surface area contributed by atoms with Crippen molar-refractivity contribution in [1.82, 2.24) is 0 Å². The molecule has 0 aliphatic heterocycles. The van der Waals surface area contributed by atoms with Gasteiger partial charge in [-0.05, 0) is 29.9 Å². The molecule has 1 aromatic rings. The van der Waals surface area contributed by atoms with E-state index in [-0.39, 0.29) is 5.92 Å². The van der Waals surface area contributed by atoms with E-state index in [1.54, 1.807) is 11.3 Å². The zero-order valence-corrected chi connectivity index (χ0v) is 10.1. The molecule has 1 nitrogen and oxygen atoms in total. The van der Waals surface area contributed by atoms with Crippen molar-refractivity contribution in [2.75, 3.05) is 0 Å². The van der Waals surface area contributed by atoms with Crippen LogP contribution in [-0.2, 0) is 4.79 Å². The maximum absolute atomic E-state index is 11.8. The highest BCUT2D eigenvalue weighted by atomic mass is 32.1. The van der Waals surface area contributed by atoms with Crippen LogP contribution in [0.4, 0.5) is 0 Å². The molecule has 0 saturated heterocycles. The Labute approximate surface area is 90.2 Å². The van der Waals surface area contributed by atoms with E-state index >= 15 is 0 Å². The van der Waals surface area contributed by atoms with Crippen LogP contribution in [0.3, 0.4) is 0 Å². The molecule has 0 fully saturated rings. The van der Waals surface area contributed by atoms with Crippen molar-refractivity contribution >= 4 is 17.1 Å². The molecule has 78 valence electrons. The number of hydrogen-bond acceptors (Lipinski definition) is 2. The van der Waals surface area contributed by atoms with Crippen molar-refractivity contribution < 1.29 is 4.79 Å². The maximum Gasteiger partial charge on any atom is 0.141 e. The number of thiophene rings is 1. The zero-order chi connectivity index (χ0) is 10.7. The maximum atomic E-state index is 11.8. The lowest BCUT2D eigenvalue weighted by molar-refractivity contribution is -0.121. The van der Waals surface area contributed by atoms with Crippen molar-refractivity contribution in [2.45, 2.75) is 40.0 Å². The van der Waals surface area contributed by atoms with E-state index < -0.39 is 0 Å². The second kappa shape index (κ2) is 4.74. The molecular formula is C12H18OS. The Balaban J connectivity index is 3.00. The molecule has 0 N–H and O–H groups in total. The van der Waals surface area contributed by atoms with Crippen LogP contribution in [0.25, 0.3) is 0 Å². The Kier molecular flexibility index (Phi) is 3.87. The van der Waals surface area contributed by atoms with E-state index in [1.165, 1.54) is 10.4 Å². The molecule has 1 atom stereocenters. The van der Waals surface area contributed by atoms with E-state index in [0.29, 0.717) is 18.1 Å². The largest absolute Gasteiger partial charge is 0.299 e. The minimum Gasteiger partial charge on any atom is -0.299 e. The van der Waals surface area contributed by atoms with Gasteiger partial charge in [0, 0.05) is 11.3 Å². The van der Waals surface area contributed by atoms with Crippen molar-refractivity contribution in [2.24, 2.45) is 5.92 Å². The molecule has 0 bridgehead atoms. The van der Waals surface area contributed by atoms with E-state index in [9.17, 15) is 4.79 Å². The second-order valence-electron chi connectivity index (χ2n) is 4.01. The van der Waals surface area contributed by atoms with Crippen molar-refractivity contribution in [3.8, 4) is 0 Å². The standard InChI is InChI=1S/C12H18OS/c1-5-10(13)11(8(2)3)12-9(4)6-7-14-12/h6-8,11H,5H2,1-4H3. The monoisotopic (exact) mass is 210 g/mol. The van der Waals surface area contributed by atoms with Gasteiger partial charge in [-0.3, -0.25) is 4.79 Å². The number of carbonyl (C=O) groups is 1. The average Bonchev–Trinajstić information content (AvgIpc) is 2.52. The molecule has 0 aliphatic rings. The third kappa shape index (κ3) is 2.24. The highest BCUT2D eigenvalue weighted by Crippen LogP contribution is 2.32. The van der Waals surface area contributed by atoms with Crippen LogP contribution in [0.15, 0.2) is 11.4 Å². The average molecular weight is 210 g/mol. The quantitative estimate of drug-likeness (QED) is 0.739. The summed E-state index contributed by atoms with van der Waals surface area (Å²) >= 11 is 1.71. The summed E-state index contributed by atoms with van der Waals surface area (Å²) < 4.78 is 0. The van der Waals surface area contributed by atoms with Gasteiger partial charge < -0.3 is 0 Å². The van der Waals surface area contributed by atoms with Gasteiger partial charge in [0.1, 0.15) is 5.78 Å². The van der Waals surface area contributed by atoms with Crippen LogP contribution < -0.4 is 0 Å². The summed E-state index contributed by atoms with van der Waals surface area (Å²) in [5.74, 6) is 0.880. The normalized spacial score (nSPS) is 13.2. The summed E-state index contributed by atoms with van der Waals surface area (Å²) in [5.41, 5.74) is 1.26. The first-order valence-electron chi connectivity index (χ1n) is 5.14. The first-order chi connectivity index (χ1) is 6.57. The zero-order valence-electron chi connectivity index (χ0n) is 9.33. The minimum absolute atomic E-state index is 0.111. The van der Waals surface area contributed by atoms with Gasteiger partial charge in [-0.15, -0.1) is 11.3 Å². The van der Waals surface area contributed by atoms with Crippen LogP contribution >= 0.6 is 11.3 Å². The highest BCUT2D eigenvalue weighted by molar-refractivity contribution is 7.10. The lowest BCUT2D eigenvalue weighted by atomic mass is 9.87. The Morgan fingerprint density at radius 2 is 2.14 bits per heavy atom. The lowest BCUT2D eigenvalue weighted by Crippen LogP contribution is -2.16. The topological polar surface area (TPSA) is 17.1 Å². The molecular weight excluding hydrogens is 192 g/mol. The Morgan fingerprint density at radius 1 is 1.50 bits per heavy atom. The molecule has 14 heavy (non-hydrogen) atoms. The van der Waals surface area contributed by atoms with Crippen LogP contribution in [0.2, 0.25) is 0 Å². The summed E-state index contributed by atoms with van der Waals surface area (Å²) in [7, 11) is 0. The van der Waals surface area contributed by atoms with Gasteiger partial charge in [0.25, 0.3) is 0 Å². The number of rotatable bonds is 4. The molecule has 1 rings (SSSR count). The third-order valence-corrected chi connectivity index (χ3v) is 3.65. The van der Waals surface area contributed by atoms with E-state index in [4.69, 9.17) is 0 Å². The summed E-state index contributed by atoms with van der Waals surface area (Å²) in [6.45, 7) is 8.28. The Morgan fingerprint density at radius 3 is 2.50 bits per heavy atom. The summed E-state index contributed by atoms with van der Waals surface area (Å²) in [4.78, 5) is 13.1. The molecule has 0 saturated carbocycles. The fraction of sp³-hybridized carbons (Fsp3) is 0.583. The smallest absolute Gasteiger partial charge is 0.141 e. The summed E-state index contributed by atoms with van der Waals surface area (Å²) in [5, 5.41) is 2.07. The fourth-order valence-corrected chi connectivity index (χ4v) is 2.97. The van der Waals surface area contributed by atoms with Crippen molar-refractivity contribution in [3.63, 3.8) is 0 Å². The number of hydrogen-bond donors (Lipinski definition) is 0. The van der Waals surface area contributed by atoms with E-state index in [0.717, 1.165) is 0 Å². The van der Waals surface area contributed by atoms with Crippen molar-refractivity contribution in [3.05, 3.63) is 21.9 Å². The molecule has 0 radical (unpaired) electrons. The minimum atomic E-state index is 0.111. The van der Waals surface area contributed by atoms with E-state index in [1.807, 2.05) is 6.92 Å². The summed E-state index contributed by atoms with van der Waals surface area (Å²) in [6, 6.07) is 2.10. The van der Waals surface area contributed by atoms with Gasteiger partial charge in [0.15, 0.2) is 0 Å². The van der Waals surface area contributed by atoms with Crippen LogP contribution in [0.1, 0.15) is 43.6 Å². The fourth-order valence-electron chi connectivity index (χ4n) is 1.74. The number of carbonyl (C=O) groups excluding carboxylic acids is 1. The predicted octanol–water partition coefficient (Wildman–Crippen LogP) is 3.78. The third-order valence-electron chi connectivity index (χ3n) is 2.55. The Hall–Kier alpha value is -0.630. The number of ketones is 1. The van der Waals surface area contributed by atoms with Gasteiger partial charge in [0.05, 0.1) is 5.92 Å². The van der Waals surface area contributed by atoms with Gasteiger partial charge in [0.2, 0.25) is 0 Å². The van der Waals surface area contributed by atoms with Gasteiger partial charge in [-0.25, -0.2) is 0 Å².